The van der Waals surface area contributed by atoms with E-state index >= 15 is 0 Å². The van der Waals surface area contributed by atoms with E-state index in [0.29, 0.717) is 17.1 Å². The number of hydrogen-bond donors (Lipinski definition) is 2. The summed E-state index contributed by atoms with van der Waals surface area (Å²) in [6.45, 7) is 4.57. The normalized spacial score (nSPS) is 10.3. The van der Waals surface area contributed by atoms with E-state index in [1.54, 1.807) is 18.2 Å². The summed E-state index contributed by atoms with van der Waals surface area (Å²) in [5, 5.41) is 6.50. The number of hydrogen-bond acceptors (Lipinski definition) is 2. The van der Waals surface area contributed by atoms with E-state index in [9.17, 15) is 4.79 Å². The minimum absolute atomic E-state index is 0.126. The van der Waals surface area contributed by atoms with Crippen LogP contribution < -0.4 is 10.6 Å². The first-order valence-corrected chi connectivity index (χ1v) is 6.76. The summed E-state index contributed by atoms with van der Waals surface area (Å²) in [5.74, 6) is -0.126. The predicted octanol–water partition coefficient (Wildman–Crippen LogP) is 2.83. The van der Waals surface area contributed by atoms with Crippen LogP contribution in [-0.4, -0.2) is 25.5 Å². The zero-order valence-electron chi connectivity index (χ0n) is 9.72. The van der Waals surface area contributed by atoms with Crippen LogP contribution in [0, 0.1) is 0 Å². The van der Waals surface area contributed by atoms with Gasteiger partial charge in [-0.25, -0.2) is 0 Å². The maximum Gasteiger partial charge on any atom is 0.252 e. The molecule has 0 radical (unpaired) electrons. The molecular formula is C12H16BrClN2O. The second kappa shape index (κ2) is 7.69. The van der Waals surface area contributed by atoms with E-state index in [-0.39, 0.29) is 5.91 Å². The fraction of sp³-hybridized carbons (Fsp3) is 0.417. The first-order chi connectivity index (χ1) is 8.15. The molecule has 0 aliphatic carbocycles. The molecule has 0 bridgehead atoms. The van der Waals surface area contributed by atoms with Gasteiger partial charge in [0.05, 0.1) is 10.6 Å². The van der Waals surface area contributed by atoms with Gasteiger partial charge in [0.2, 0.25) is 0 Å². The van der Waals surface area contributed by atoms with Crippen LogP contribution in [0.2, 0.25) is 5.02 Å². The highest BCUT2D eigenvalue weighted by molar-refractivity contribution is 9.10. The van der Waals surface area contributed by atoms with Crippen LogP contribution >= 0.6 is 27.5 Å². The Bertz CT molecular complexity index is 385. The Morgan fingerprint density at radius 1 is 1.41 bits per heavy atom. The lowest BCUT2D eigenvalue weighted by Gasteiger charge is -2.07. The number of amides is 1. The molecule has 0 atom stereocenters. The number of nitrogens with one attached hydrogen (secondary N) is 2. The van der Waals surface area contributed by atoms with E-state index < -0.39 is 0 Å². The highest BCUT2D eigenvalue weighted by atomic mass is 79.9. The van der Waals surface area contributed by atoms with Gasteiger partial charge in [-0.05, 0) is 37.7 Å². The molecule has 0 aliphatic heterocycles. The van der Waals surface area contributed by atoms with Crippen molar-refractivity contribution >= 4 is 33.4 Å². The minimum atomic E-state index is -0.126. The first kappa shape index (κ1) is 14.5. The van der Waals surface area contributed by atoms with Crippen molar-refractivity contribution in [2.45, 2.75) is 13.3 Å². The number of carbonyl (C=O) groups is 1. The standard InChI is InChI=1S/C12H16BrClN2O/c1-2-15-6-3-7-16-12(17)10-5-4-9(13)8-11(10)14/h4-5,8,15H,2-3,6-7H2,1H3,(H,16,17). The van der Waals surface area contributed by atoms with Crippen LogP contribution in [0.1, 0.15) is 23.7 Å². The maximum atomic E-state index is 11.8. The third-order valence-electron chi connectivity index (χ3n) is 2.24. The van der Waals surface area contributed by atoms with Gasteiger partial charge in [0.25, 0.3) is 5.91 Å². The Kier molecular flexibility index (Phi) is 6.55. The van der Waals surface area contributed by atoms with E-state index in [4.69, 9.17) is 11.6 Å². The van der Waals surface area contributed by atoms with Crippen molar-refractivity contribution in [1.29, 1.82) is 0 Å². The van der Waals surface area contributed by atoms with Crippen molar-refractivity contribution in [1.82, 2.24) is 10.6 Å². The van der Waals surface area contributed by atoms with Crippen LogP contribution in [0.25, 0.3) is 0 Å². The molecule has 0 heterocycles. The van der Waals surface area contributed by atoms with E-state index in [2.05, 4.69) is 33.5 Å². The lowest BCUT2D eigenvalue weighted by atomic mass is 10.2. The fourth-order valence-electron chi connectivity index (χ4n) is 1.36. The van der Waals surface area contributed by atoms with Crippen LogP contribution in [0.3, 0.4) is 0 Å². The SMILES string of the molecule is CCNCCCNC(=O)c1ccc(Br)cc1Cl. The van der Waals surface area contributed by atoms with Gasteiger partial charge < -0.3 is 10.6 Å². The summed E-state index contributed by atoms with van der Waals surface area (Å²) < 4.78 is 0.867. The highest BCUT2D eigenvalue weighted by Crippen LogP contribution is 2.21. The quantitative estimate of drug-likeness (QED) is 0.792. The Labute approximate surface area is 115 Å². The predicted molar refractivity (Wildman–Crippen MR) is 74.6 cm³/mol. The van der Waals surface area contributed by atoms with Crippen molar-refractivity contribution in [3.63, 3.8) is 0 Å². The number of benzene rings is 1. The number of halogens is 2. The third-order valence-corrected chi connectivity index (χ3v) is 3.05. The molecule has 3 nitrogen and oxygen atoms in total. The van der Waals surface area contributed by atoms with E-state index in [1.165, 1.54) is 0 Å². The maximum absolute atomic E-state index is 11.8. The lowest BCUT2D eigenvalue weighted by Crippen LogP contribution is -2.27. The monoisotopic (exact) mass is 318 g/mol. The molecule has 2 N–H and O–H groups in total. The van der Waals surface area contributed by atoms with Gasteiger partial charge in [-0.3, -0.25) is 4.79 Å². The molecule has 5 heteroatoms. The van der Waals surface area contributed by atoms with Crippen LogP contribution in [0.15, 0.2) is 22.7 Å². The summed E-state index contributed by atoms with van der Waals surface area (Å²) in [7, 11) is 0. The van der Waals surface area contributed by atoms with Gasteiger partial charge in [-0.15, -0.1) is 0 Å². The molecular weight excluding hydrogens is 304 g/mol. The third kappa shape index (κ3) is 5.06. The number of carbonyl (C=O) groups excluding carboxylic acids is 1. The average molecular weight is 320 g/mol. The van der Waals surface area contributed by atoms with E-state index in [0.717, 1.165) is 24.0 Å². The Balaban J connectivity index is 2.42. The summed E-state index contributed by atoms with van der Waals surface area (Å²) in [4.78, 5) is 11.8. The van der Waals surface area contributed by atoms with Crippen molar-refractivity contribution in [2.24, 2.45) is 0 Å². The van der Waals surface area contributed by atoms with Crippen molar-refractivity contribution < 1.29 is 4.79 Å². The summed E-state index contributed by atoms with van der Waals surface area (Å²) in [6.07, 6.45) is 0.910. The summed E-state index contributed by atoms with van der Waals surface area (Å²) in [5.41, 5.74) is 0.512. The topological polar surface area (TPSA) is 41.1 Å². The van der Waals surface area contributed by atoms with Crippen molar-refractivity contribution in [3.05, 3.63) is 33.3 Å². The van der Waals surface area contributed by atoms with Crippen LogP contribution in [-0.2, 0) is 0 Å². The lowest BCUT2D eigenvalue weighted by molar-refractivity contribution is 0.0953. The van der Waals surface area contributed by atoms with Gasteiger partial charge in [-0.2, -0.15) is 0 Å². The largest absolute Gasteiger partial charge is 0.352 e. The van der Waals surface area contributed by atoms with E-state index in [1.807, 2.05) is 0 Å². The molecule has 1 aromatic carbocycles. The zero-order chi connectivity index (χ0) is 12.7. The Morgan fingerprint density at radius 3 is 2.82 bits per heavy atom. The molecule has 0 saturated carbocycles. The molecule has 0 saturated heterocycles. The summed E-state index contributed by atoms with van der Waals surface area (Å²) >= 11 is 9.29. The molecule has 1 rings (SSSR count). The number of rotatable bonds is 6. The molecule has 1 amide bonds. The molecule has 0 unspecified atom stereocenters. The highest BCUT2D eigenvalue weighted by Gasteiger charge is 2.09. The molecule has 17 heavy (non-hydrogen) atoms. The van der Waals surface area contributed by atoms with Gasteiger partial charge in [0, 0.05) is 11.0 Å². The molecule has 94 valence electrons. The smallest absolute Gasteiger partial charge is 0.252 e. The minimum Gasteiger partial charge on any atom is -0.352 e. The molecule has 0 spiro atoms. The van der Waals surface area contributed by atoms with Gasteiger partial charge in [0.1, 0.15) is 0 Å². The molecule has 1 aromatic rings. The second-order valence-electron chi connectivity index (χ2n) is 3.59. The van der Waals surface area contributed by atoms with Crippen molar-refractivity contribution in [2.75, 3.05) is 19.6 Å². The van der Waals surface area contributed by atoms with Gasteiger partial charge in [0.15, 0.2) is 0 Å². The van der Waals surface area contributed by atoms with Gasteiger partial charge >= 0.3 is 0 Å². The molecule has 0 aliphatic rings. The molecule has 0 aromatic heterocycles. The Hall–Kier alpha value is -0.580. The zero-order valence-corrected chi connectivity index (χ0v) is 12.1. The van der Waals surface area contributed by atoms with Crippen LogP contribution in [0.4, 0.5) is 0 Å². The molecule has 0 fully saturated rings. The van der Waals surface area contributed by atoms with Gasteiger partial charge in [-0.1, -0.05) is 34.5 Å². The first-order valence-electron chi connectivity index (χ1n) is 5.59. The van der Waals surface area contributed by atoms with Crippen LogP contribution in [0.5, 0.6) is 0 Å². The van der Waals surface area contributed by atoms with Crippen molar-refractivity contribution in [3.8, 4) is 0 Å². The fourth-order valence-corrected chi connectivity index (χ4v) is 2.12. The average Bonchev–Trinajstić information content (AvgIpc) is 2.28. The Morgan fingerprint density at radius 2 is 2.18 bits per heavy atom. The summed E-state index contributed by atoms with van der Waals surface area (Å²) in [6, 6.07) is 5.24. The second-order valence-corrected chi connectivity index (χ2v) is 4.91.